The summed E-state index contributed by atoms with van der Waals surface area (Å²) in [5.74, 6) is 1.51. The van der Waals surface area contributed by atoms with Gasteiger partial charge in [0.25, 0.3) is 0 Å². The highest BCUT2D eigenvalue weighted by Crippen LogP contribution is 2.36. The Morgan fingerprint density at radius 2 is 2.14 bits per heavy atom. The maximum Gasteiger partial charge on any atom is 0.220 e. The number of benzene rings is 1. The van der Waals surface area contributed by atoms with E-state index in [0.29, 0.717) is 18.3 Å². The molecule has 0 bridgehead atoms. The first-order valence-corrected chi connectivity index (χ1v) is 7.74. The molecule has 2 aliphatic rings. The molecule has 1 amide bonds. The van der Waals surface area contributed by atoms with Gasteiger partial charge in [-0.2, -0.15) is 0 Å². The summed E-state index contributed by atoms with van der Waals surface area (Å²) in [6.45, 7) is 2.18. The van der Waals surface area contributed by atoms with E-state index in [9.17, 15) is 9.90 Å². The molecule has 4 nitrogen and oxygen atoms in total. The van der Waals surface area contributed by atoms with Crippen LogP contribution in [-0.2, 0) is 4.79 Å². The van der Waals surface area contributed by atoms with Crippen molar-refractivity contribution in [1.82, 2.24) is 5.32 Å². The van der Waals surface area contributed by atoms with Crippen molar-refractivity contribution in [2.24, 2.45) is 16.8 Å². The lowest BCUT2D eigenvalue weighted by Gasteiger charge is -2.42. The van der Waals surface area contributed by atoms with E-state index in [2.05, 4.69) is 17.2 Å². The largest absolute Gasteiger partial charge is 0.507 e. The normalized spacial score (nSPS) is 32.7. The molecule has 1 saturated heterocycles. The lowest BCUT2D eigenvalue weighted by atomic mass is 9.72. The van der Waals surface area contributed by atoms with Crippen LogP contribution in [0.1, 0.15) is 38.2 Å². The van der Waals surface area contributed by atoms with Crippen LogP contribution in [0.4, 0.5) is 0 Å². The molecule has 2 N–H and O–H groups in total. The first-order valence-electron chi connectivity index (χ1n) is 7.74. The molecular formula is C17H22N2O2. The molecule has 1 aromatic rings. The molecule has 0 radical (unpaired) electrons. The monoisotopic (exact) mass is 286 g/mol. The average molecular weight is 286 g/mol. The van der Waals surface area contributed by atoms with Gasteiger partial charge in [-0.05, 0) is 43.2 Å². The van der Waals surface area contributed by atoms with Crippen molar-refractivity contribution in [2.45, 2.75) is 44.7 Å². The van der Waals surface area contributed by atoms with Gasteiger partial charge in [0, 0.05) is 24.2 Å². The molecule has 112 valence electrons. The number of carbonyl (C=O) groups is 1. The molecule has 0 spiro atoms. The third-order valence-corrected chi connectivity index (χ3v) is 4.82. The smallest absolute Gasteiger partial charge is 0.220 e. The number of carbonyl (C=O) groups excluding carboxylic acids is 1. The Balaban J connectivity index is 1.66. The molecule has 2 fully saturated rings. The third kappa shape index (κ3) is 3.09. The molecule has 1 aliphatic heterocycles. The van der Waals surface area contributed by atoms with Gasteiger partial charge in [-0.25, -0.2) is 0 Å². The summed E-state index contributed by atoms with van der Waals surface area (Å²) in [5.41, 5.74) is 0.751. The van der Waals surface area contributed by atoms with Crippen LogP contribution in [-0.4, -0.2) is 29.3 Å². The van der Waals surface area contributed by atoms with Crippen LogP contribution in [0.3, 0.4) is 0 Å². The summed E-state index contributed by atoms with van der Waals surface area (Å²) in [6.07, 6.45) is 5.51. The van der Waals surface area contributed by atoms with Crippen LogP contribution < -0.4 is 5.32 Å². The summed E-state index contributed by atoms with van der Waals surface area (Å²) in [5, 5.41) is 12.9. The molecule has 1 aromatic carbocycles. The van der Waals surface area contributed by atoms with Crippen molar-refractivity contribution < 1.29 is 9.90 Å². The third-order valence-electron chi connectivity index (χ3n) is 4.82. The molecule has 4 atom stereocenters. The molecular weight excluding hydrogens is 264 g/mol. The van der Waals surface area contributed by atoms with Gasteiger partial charge in [0.05, 0.1) is 6.04 Å². The fourth-order valence-corrected chi connectivity index (χ4v) is 3.65. The Morgan fingerprint density at radius 1 is 1.33 bits per heavy atom. The minimum atomic E-state index is 0.175. The zero-order valence-electron chi connectivity index (χ0n) is 12.3. The van der Waals surface area contributed by atoms with Gasteiger partial charge < -0.3 is 10.4 Å². The van der Waals surface area contributed by atoms with Gasteiger partial charge in [-0.3, -0.25) is 9.79 Å². The number of rotatable bonds is 2. The molecule has 1 aliphatic carbocycles. The number of aliphatic imine (C=N–C) groups is 1. The van der Waals surface area contributed by atoms with E-state index >= 15 is 0 Å². The van der Waals surface area contributed by atoms with Gasteiger partial charge in [-0.15, -0.1) is 0 Å². The zero-order chi connectivity index (χ0) is 14.8. The summed E-state index contributed by atoms with van der Waals surface area (Å²) in [4.78, 5) is 16.3. The van der Waals surface area contributed by atoms with Gasteiger partial charge in [-0.1, -0.05) is 19.1 Å². The number of piperidine rings is 1. The molecule has 0 aromatic heterocycles. The lowest BCUT2D eigenvalue weighted by molar-refractivity contribution is -0.126. The Kier molecular flexibility index (Phi) is 3.95. The summed E-state index contributed by atoms with van der Waals surface area (Å²) >= 11 is 0. The Morgan fingerprint density at radius 3 is 2.95 bits per heavy atom. The number of para-hydroxylation sites is 1. The SMILES string of the molecule is CC1CC(=O)NC2CC(N=Cc3ccccc3O)CCC12. The second-order valence-corrected chi connectivity index (χ2v) is 6.32. The Hall–Kier alpha value is -1.84. The standard InChI is InChI=1S/C17H22N2O2/c1-11-8-17(21)19-15-9-13(6-7-14(11)15)18-10-12-4-2-3-5-16(12)20/h2-5,10-11,13-15,20H,6-9H2,1H3,(H,19,21). The highest BCUT2D eigenvalue weighted by Gasteiger charge is 2.38. The van der Waals surface area contributed by atoms with Crippen LogP contribution in [0.15, 0.2) is 29.3 Å². The molecule has 1 heterocycles. The van der Waals surface area contributed by atoms with E-state index in [1.165, 1.54) is 0 Å². The van der Waals surface area contributed by atoms with Crippen molar-refractivity contribution in [3.8, 4) is 5.75 Å². The lowest BCUT2D eigenvalue weighted by Crippen LogP contribution is -2.52. The van der Waals surface area contributed by atoms with Crippen molar-refractivity contribution in [2.75, 3.05) is 0 Å². The van der Waals surface area contributed by atoms with Crippen LogP contribution >= 0.6 is 0 Å². The minimum Gasteiger partial charge on any atom is -0.507 e. The van der Waals surface area contributed by atoms with E-state index in [4.69, 9.17) is 0 Å². The predicted octanol–water partition coefficient (Wildman–Crippen LogP) is 2.50. The van der Waals surface area contributed by atoms with Crippen LogP contribution in [0.2, 0.25) is 0 Å². The topological polar surface area (TPSA) is 61.7 Å². The van der Waals surface area contributed by atoms with Crippen LogP contribution in [0.5, 0.6) is 5.75 Å². The van der Waals surface area contributed by atoms with E-state index in [1.54, 1.807) is 18.3 Å². The van der Waals surface area contributed by atoms with Crippen molar-refractivity contribution in [3.63, 3.8) is 0 Å². The summed E-state index contributed by atoms with van der Waals surface area (Å²) in [6, 6.07) is 7.71. The fourth-order valence-electron chi connectivity index (χ4n) is 3.65. The number of hydrogen-bond donors (Lipinski definition) is 2. The molecule has 4 heteroatoms. The van der Waals surface area contributed by atoms with Crippen LogP contribution in [0, 0.1) is 11.8 Å². The van der Waals surface area contributed by atoms with Gasteiger partial charge in [0.2, 0.25) is 5.91 Å². The molecule has 21 heavy (non-hydrogen) atoms. The number of hydrogen-bond acceptors (Lipinski definition) is 3. The number of nitrogens with zero attached hydrogens (tertiary/aromatic N) is 1. The van der Waals surface area contributed by atoms with E-state index < -0.39 is 0 Å². The molecule has 4 unspecified atom stereocenters. The van der Waals surface area contributed by atoms with Crippen molar-refractivity contribution in [3.05, 3.63) is 29.8 Å². The highest BCUT2D eigenvalue weighted by molar-refractivity contribution is 5.83. The number of fused-ring (bicyclic) bond motifs is 1. The van der Waals surface area contributed by atoms with E-state index in [1.807, 2.05) is 12.1 Å². The van der Waals surface area contributed by atoms with Gasteiger partial charge >= 0.3 is 0 Å². The second-order valence-electron chi connectivity index (χ2n) is 6.32. The predicted molar refractivity (Wildman–Crippen MR) is 82.5 cm³/mol. The Labute approximate surface area is 125 Å². The number of amides is 1. The van der Waals surface area contributed by atoms with Gasteiger partial charge in [0.15, 0.2) is 0 Å². The van der Waals surface area contributed by atoms with Crippen molar-refractivity contribution in [1.29, 1.82) is 0 Å². The number of nitrogens with one attached hydrogen (secondary N) is 1. The number of aromatic hydroxyl groups is 1. The fraction of sp³-hybridized carbons (Fsp3) is 0.529. The van der Waals surface area contributed by atoms with E-state index in [0.717, 1.165) is 24.8 Å². The summed E-state index contributed by atoms with van der Waals surface area (Å²) < 4.78 is 0. The van der Waals surface area contributed by atoms with Gasteiger partial charge in [0.1, 0.15) is 5.75 Å². The quantitative estimate of drug-likeness (QED) is 0.821. The summed E-state index contributed by atoms with van der Waals surface area (Å²) in [7, 11) is 0. The molecule has 1 saturated carbocycles. The minimum absolute atomic E-state index is 0.175. The van der Waals surface area contributed by atoms with E-state index in [-0.39, 0.29) is 23.7 Å². The maximum atomic E-state index is 11.7. The maximum absolute atomic E-state index is 11.7. The highest BCUT2D eigenvalue weighted by atomic mass is 16.3. The average Bonchev–Trinajstić information content (AvgIpc) is 2.46. The van der Waals surface area contributed by atoms with Crippen LogP contribution in [0.25, 0.3) is 0 Å². The van der Waals surface area contributed by atoms with Crippen molar-refractivity contribution >= 4 is 12.1 Å². The zero-order valence-corrected chi connectivity index (χ0v) is 12.3. The molecule has 3 rings (SSSR count). The first-order chi connectivity index (χ1) is 10.1. The number of phenols is 1. The first kappa shape index (κ1) is 14.1. The second kappa shape index (κ2) is 5.88. The number of phenolic OH excluding ortho intramolecular Hbond substituents is 1. The Bertz CT molecular complexity index is 555.